The Kier molecular flexibility index (Phi) is 6.21. The lowest BCUT2D eigenvalue weighted by Gasteiger charge is -2.12. The highest BCUT2D eigenvalue weighted by Gasteiger charge is 2.05. The van der Waals surface area contributed by atoms with Crippen LogP contribution >= 0.6 is 0 Å². The maximum Gasteiger partial charge on any atom is 0.658 e. The molecular formula is C18H22BO4. The molecule has 0 aromatic heterocycles. The van der Waals surface area contributed by atoms with Gasteiger partial charge in [-0.05, 0) is 52.0 Å². The summed E-state index contributed by atoms with van der Waals surface area (Å²) in [5.41, 5.74) is 0. The van der Waals surface area contributed by atoms with E-state index in [2.05, 4.69) is 0 Å². The van der Waals surface area contributed by atoms with Crippen LogP contribution in [0.2, 0.25) is 0 Å². The van der Waals surface area contributed by atoms with Crippen LogP contribution < -0.4 is 18.8 Å². The van der Waals surface area contributed by atoms with E-state index in [0.29, 0.717) is 11.5 Å². The molecule has 0 aliphatic heterocycles. The van der Waals surface area contributed by atoms with E-state index in [1.165, 1.54) is 7.69 Å². The summed E-state index contributed by atoms with van der Waals surface area (Å²) in [5.74, 6) is 2.83. The van der Waals surface area contributed by atoms with Gasteiger partial charge in [0, 0.05) is 12.1 Å². The van der Waals surface area contributed by atoms with Gasteiger partial charge in [0.05, 0.1) is 12.2 Å². The van der Waals surface area contributed by atoms with Crippen molar-refractivity contribution in [3.05, 3.63) is 48.5 Å². The molecule has 0 unspecified atom stereocenters. The van der Waals surface area contributed by atoms with Crippen molar-refractivity contribution < 1.29 is 18.8 Å². The second-order valence-electron chi connectivity index (χ2n) is 5.61. The molecule has 2 rings (SSSR count). The molecule has 1 radical (unpaired) electrons. The number of rotatable bonds is 8. The van der Waals surface area contributed by atoms with Crippen LogP contribution in [0.1, 0.15) is 27.7 Å². The number of hydrogen-bond acceptors (Lipinski definition) is 4. The molecule has 23 heavy (non-hydrogen) atoms. The van der Waals surface area contributed by atoms with Crippen molar-refractivity contribution in [2.45, 2.75) is 39.9 Å². The third-order valence-electron chi connectivity index (χ3n) is 2.72. The lowest BCUT2D eigenvalue weighted by Crippen LogP contribution is -2.12. The first-order chi connectivity index (χ1) is 11.0. The molecule has 2 aromatic carbocycles. The molecule has 0 spiro atoms. The molecule has 0 aliphatic carbocycles. The van der Waals surface area contributed by atoms with Gasteiger partial charge in [-0.15, -0.1) is 0 Å². The van der Waals surface area contributed by atoms with E-state index >= 15 is 0 Å². The maximum absolute atomic E-state index is 5.62. The lowest BCUT2D eigenvalue weighted by molar-refractivity contribution is 0.242. The molecule has 0 amide bonds. The zero-order chi connectivity index (χ0) is 16.7. The summed E-state index contributed by atoms with van der Waals surface area (Å²) in [6.45, 7) is 7.92. The first-order valence-electron chi connectivity index (χ1n) is 7.71. The predicted octanol–water partition coefficient (Wildman–Crippen LogP) is 4.25. The summed E-state index contributed by atoms with van der Waals surface area (Å²) in [7, 11) is 1.29. The minimum Gasteiger partial charge on any atom is -0.526 e. The van der Waals surface area contributed by atoms with Gasteiger partial charge in [-0.3, -0.25) is 0 Å². The predicted molar refractivity (Wildman–Crippen MR) is 91.4 cm³/mol. The Labute approximate surface area is 138 Å². The molecule has 0 fully saturated rings. The van der Waals surface area contributed by atoms with Gasteiger partial charge >= 0.3 is 7.69 Å². The minimum atomic E-state index is 0.120. The topological polar surface area (TPSA) is 36.9 Å². The van der Waals surface area contributed by atoms with E-state index in [0.717, 1.165) is 11.5 Å². The van der Waals surface area contributed by atoms with Gasteiger partial charge in [0.15, 0.2) is 0 Å². The fourth-order valence-corrected chi connectivity index (χ4v) is 1.92. The molecule has 0 bridgehead atoms. The number of ether oxygens (including phenoxy) is 2. The van der Waals surface area contributed by atoms with E-state index in [4.69, 9.17) is 18.8 Å². The van der Waals surface area contributed by atoms with Crippen molar-refractivity contribution in [1.82, 2.24) is 0 Å². The average molecular weight is 313 g/mol. The van der Waals surface area contributed by atoms with Crippen LogP contribution in [0.4, 0.5) is 0 Å². The van der Waals surface area contributed by atoms with E-state index in [-0.39, 0.29) is 12.2 Å². The molecule has 0 saturated carbocycles. The van der Waals surface area contributed by atoms with Gasteiger partial charge in [0.25, 0.3) is 0 Å². The van der Waals surface area contributed by atoms with Gasteiger partial charge < -0.3 is 18.8 Å². The third kappa shape index (κ3) is 6.14. The van der Waals surface area contributed by atoms with E-state index in [1.54, 1.807) is 0 Å². The van der Waals surface area contributed by atoms with Crippen LogP contribution in [-0.2, 0) is 0 Å². The molecular weight excluding hydrogens is 291 g/mol. The van der Waals surface area contributed by atoms with Crippen LogP contribution in [-0.4, -0.2) is 19.9 Å². The van der Waals surface area contributed by atoms with E-state index in [1.807, 2.05) is 76.2 Å². The molecule has 5 heteroatoms. The van der Waals surface area contributed by atoms with Gasteiger partial charge in [-0.2, -0.15) is 0 Å². The van der Waals surface area contributed by atoms with Crippen molar-refractivity contribution in [2.24, 2.45) is 0 Å². The molecule has 4 nitrogen and oxygen atoms in total. The standard InChI is InChI=1S/C18H22BO4/c1-13(2)20-15-7-5-9-17(11-15)22-19-23-18-10-6-8-16(12-18)21-14(3)4/h5-14H,1-4H3. The highest BCUT2D eigenvalue weighted by Crippen LogP contribution is 2.22. The Balaban J connectivity index is 1.87. The van der Waals surface area contributed by atoms with Gasteiger partial charge in [0.2, 0.25) is 0 Å². The van der Waals surface area contributed by atoms with Crippen LogP contribution in [0, 0.1) is 0 Å². The second-order valence-corrected chi connectivity index (χ2v) is 5.61. The molecule has 0 aliphatic rings. The fraction of sp³-hybridized carbons (Fsp3) is 0.333. The average Bonchev–Trinajstić information content (AvgIpc) is 2.46. The molecule has 0 heterocycles. The Bertz CT molecular complexity index is 560. The number of hydrogen-bond donors (Lipinski definition) is 0. The van der Waals surface area contributed by atoms with Crippen LogP contribution in [0.5, 0.6) is 23.0 Å². The summed E-state index contributed by atoms with van der Waals surface area (Å²) in [5, 5.41) is 0. The summed E-state index contributed by atoms with van der Waals surface area (Å²) < 4.78 is 22.2. The van der Waals surface area contributed by atoms with Crippen molar-refractivity contribution in [3.8, 4) is 23.0 Å². The van der Waals surface area contributed by atoms with Crippen LogP contribution in [0.25, 0.3) is 0 Å². The molecule has 0 N–H and O–H groups in total. The SMILES string of the molecule is CC(C)Oc1cccc(O[B]Oc2cccc(OC(C)C)c2)c1. The van der Waals surface area contributed by atoms with Gasteiger partial charge in [-0.25, -0.2) is 0 Å². The van der Waals surface area contributed by atoms with E-state index < -0.39 is 0 Å². The first-order valence-corrected chi connectivity index (χ1v) is 7.71. The van der Waals surface area contributed by atoms with Gasteiger partial charge in [0.1, 0.15) is 23.0 Å². The summed E-state index contributed by atoms with van der Waals surface area (Å²) >= 11 is 0. The first kappa shape index (κ1) is 17.1. The lowest BCUT2D eigenvalue weighted by atomic mass is 10.2. The monoisotopic (exact) mass is 313 g/mol. The minimum absolute atomic E-state index is 0.120. The summed E-state index contributed by atoms with van der Waals surface area (Å²) in [4.78, 5) is 0. The molecule has 2 aromatic rings. The largest absolute Gasteiger partial charge is 0.658 e. The van der Waals surface area contributed by atoms with Crippen LogP contribution in [0.3, 0.4) is 0 Å². The van der Waals surface area contributed by atoms with E-state index in [9.17, 15) is 0 Å². The molecule has 0 saturated heterocycles. The molecule has 121 valence electrons. The fourth-order valence-electron chi connectivity index (χ4n) is 1.92. The van der Waals surface area contributed by atoms with Gasteiger partial charge in [-0.1, -0.05) is 12.1 Å². The second kappa shape index (κ2) is 8.37. The van der Waals surface area contributed by atoms with Crippen molar-refractivity contribution in [2.75, 3.05) is 0 Å². The van der Waals surface area contributed by atoms with Crippen LogP contribution in [0.15, 0.2) is 48.5 Å². The zero-order valence-electron chi connectivity index (χ0n) is 14.0. The Hall–Kier alpha value is -2.30. The highest BCUT2D eigenvalue weighted by atomic mass is 16.6. The third-order valence-corrected chi connectivity index (χ3v) is 2.72. The summed E-state index contributed by atoms with van der Waals surface area (Å²) in [6.07, 6.45) is 0.239. The quantitative estimate of drug-likeness (QED) is 0.683. The highest BCUT2D eigenvalue weighted by molar-refractivity contribution is 6.20. The smallest absolute Gasteiger partial charge is 0.526 e. The molecule has 0 atom stereocenters. The zero-order valence-corrected chi connectivity index (χ0v) is 14.0. The Morgan fingerprint density at radius 1 is 0.652 bits per heavy atom. The number of benzene rings is 2. The Morgan fingerprint density at radius 2 is 1.04 bits per heavy atom. The van der Waals surface area contributed by atoms with Crippen molar-refractivity contribution >= 4 is 7.69 Å². The van der Waals surface area contributed by atoms with Crippen molar-refractivity contribution in [1.29, 1.82) is 0 Å². The summed E-state index contributed by atoms with van der Waals surface area (Å²) in [6, 6.07) is 14.8. The Morgan fingerprint density at radius 3 is 1.43 bits per heavy atom. The maximum atomic E-state index is 5.62. The normalized spacial score (nSPS) is 10.5. The van der Waals surface area contributed by atoms with Crippen molar-refractivity contribution in [3.63, 3.8) is 0 Å².